The number of thiazole rings is 1. The maximum Gasteiger partial charge on any atom is 0.203 e. The van der Waals surface area contributed by atoms with Crippen LogP contribution in [0, 0.1) is 20.8 Å². The molecule has 1 heterocycles. The summed E-state index contributed by atoms with van der Waals surface area (Å²) in [6, 6.07) is 9.84. The van der Waals surface area contributed by atoms with Gasteiger partial charge >= 0.3 is 0 Å². The number of anilines is 1. The Kier molecular flexibility index (Phi) is 5.66. The fourth-order valence-corrected chi connectivity index (χ4v) is 4.01. The first kappa shape index (κ1) is 18.9. The molecular weight excluding hydrogens is 385 g/mol. The molecule has 1 N–H and O–H groups in total. The number of nitrogens with one attached hydrogen (secondary N) is 1. The van der Waals surface area contributed by atoms with E-state index in [1.165, 1.54) is 33.6 Å². The van der Waals surface area contributed by atoms with Crippen LogP contribution < -0.4 is 5.43 Å². The number of aromatic nitrogens is 1. The molecule has 0 atom stereocenters. The van der Waals surface area contributed by atoms with Gasteiger partial charge in [-0.25, -0.2) is 4.98 Å². The number of benzene rings is 2. The molecule has 0 unspecified atom stereocenters. The molecule has 0 aliphatic carbocycles. The predicted octanol–water partition coefficient (Wildman–Crippen LogP) is 6.88. The van der Waals surface area contributed by atoms with Gasteiger partial charge in [0.05, 0.1) is 21.5 Å². The lowest BCUT2D eigenvalue weighted by Gasteiger charge is -2.11. The summed E-state index contributed by atoms with van der Waals surface area (Å²) in [5, 5.41) is 8.27. The van der Waals surface area contributed by atoms with Crippen molar-refractivity contribution < 1.29 is 0 Å². The smallest absolute Gasteiger partial charge is 0.203 e. The van der Waals surface area contributed by atoms with Gasteiger partial charge in [-0.2, -0.15) is 5.10 Å². The van der Waals surface area contributed by atoms with Crippen molar-refractivity contribution in [1.82, 2.24) is 4.98 Å². The molecule has 2 aromatic carbocycles. The van der Waals surface area contributed by atoms with Gasteiger partial charge in [0.15, 0.2) is 0 Å². The van der Waals surface area contributed by atoms with Gasteiger partial charge in [-0.3, -0.25) is 5.43 Å². The number of hydrogen-bond acceptors (Lipinski definition) is 4. The van der Waals surface area contributed by atoms with Crippen LogP contribution in [0.2, 0.25) is 10.0 Å². The second-order valence-corrected chi connectivity index (χ2v) is 7.92. The first-order valence-electron chi connectivity index (χ1n) is 8.14. The van der Waals surface area contributed by atoms with Crippen molar-refractivity contribution in [3.8, 4) is 11.3 Å². The molecule has 0 saturated carbocycles. The lowest BCUT2D eigenvalue weighted by Crippen LogP contribution is -2.05. The van der Waals surface area contributed by atoms with Crippen LogP contribution in [-0.2, 0) is 0 Å². The molecule has 0 fully saturated rings. The molecule has 0 amide bonds. The van der Waals surface area contributed by atoms with Gasteiger partial charge < -0.3 is 0 Å². The Hall–Kier alpha value is -1.88. The van der Waals surface area contributed by atoms with Gasteiger partial charge in [0.25, 0.3) is 0 Å². The standard InChI is InChI=1S/C20H19Cl2N3S/c1-11-7-12(2)19(13(3)8-11)14(4)24-25-20-23-18(10-26-20)15-5-6-16(21)17(22)9-15/h5-10H,1-4H3,(H,23,25)/b24-14+. The number of hydrogen-bond donors (Lipinski definition) is 1. The second kappa shape index (κ2) is 7.78. The van der Waals surface area contributed by atoms with Crippen LogP contribution in [0.1, 0.15) is 29.2 Å². The number of rotatable bonds is 4. The van der Waals surface area contributed by atoms with E-state index in [0.717, 1.165) is 22.1 Å². The molecule has 3 rings (SSSR count). The fraction of sp³-hybridized carbons (Fsp3) is 0.200. The van der Waals surface area contributed by atoms with E-state index in [1.54, 1.807) is 6.07 Å². The molecule has 0 spiro atoms. The summed E-state index contributed by atoms with van der Waals surface area (Å²) in [7, 11) is 0. The van der Waals surface area contributed by atoms with Gasteiger partial charge in [-0.15, -0.1) is 11.3 Å². The Morgan fingerprint density at radius 2 is 1.73 bits per heavy atom. The minimum atomic E-state index is 0.519. The van der Waals surface area contributed by atoms with Gasteiger partial charge in [-0.1, -0.05) is 47.0 Å². The maximum absolute atomic E-state index is 6.09. The van der Waals surface area contributed by atoms with E-state index in [0.29, 0.717) is 10.0 Å². The zero-order valence-electron chi connectivity index (χ0n) is 15.0. The summed E-state index contributed by atoms with van der Waals surface area (Å²) in [5.41, 5.74) is 10.6. The van der Waals surface area contributed by atoms with E-state index < -0.39 is 0 Å². The molecule has 3 nitrogen and oxygen atoms in total. The van der Waals surface area contributed by atoms with E-state index in [2.05, 4.69) is 48.4 Å². The molecule has 0 bridgehead atoms. The highest BCUT2D eigenvalue weighted by Gasteiger charge is 2.09. The van der Waals surface area contributed by atoms with E-state index >= 15 is 0 Å². The van der Waals surface area contributed by atoms with Gasteiger partial charge in [0, 0.05) is 16.5 Å². The highest BCUT2D eigenvalue weighted by Crippen LogP contribution is 2.30. The van der Waals surface area contributed by atoms with Crippen molar-refractivity contribution in [3.63, 3.8) is 0 Å². The third-order valence-electron chi connectivity index (χ3n) is 4.08. The first-order chi connectivity index (χ1) is 12.3. The lowest BCUT2D eigenvalue weighted by atomic mass is 9.97. The monoisotopic (exact) mass is 403 g/mol. The molecule has 1 aromatic heterocycles. The first-order valence-corrected chi connectivity index (χ1v) is 9.78. The molecular formula is C20H19Cl2N3S. The summed E-state index contributed by atoms with van der Waals surface area (Å²) in [6.07, 6.45) is 0. The number of hydrazone groups is 1. The molecule has 26 heavy (non-hydrogen) atoms. The highest BCUT2D eigenvalue weighted by atomic mass is 35.5. The summed E-state index contributed by atoms with van der Waals surface area (Å²) in [6.45, 7) is 8.33. The zero-order valence-corrected chi connectivity index (χ0v) is 17.4. The molecule has 134 valence electrons. The highest BCUT2D eigenvalue weighted by molar-refractivity contribution is 7.14. The molecule has 3 aromatic rings. The topological polar surface area (TPSA) is 37.3 Å². The predicted molar refractivity (Wildman–Crippen MR) is 114 cm³/mol. The van der Waals surface area contributed by atoms with Crippen molar-refractivity contribution in [2.75, 3.05) is 5.43 Å². The number of halogens is 2. The van der Waals surface area contributed by atoms with E-state index in [4.69, 9.17) is 23.2 Å². The van der Waals surface area contributed by atoms with E-state index in [9.17, 15) is 0 Å². The van der Waals surface area contributed by atoms with Gasteiger partial charge in [0.1, 0.15) is 0 Å². The minimum Gasteiger partial charge on any atom is -0.252 e. The molecule has 0 aliphatic heterocycles. The van der Waals surface area contributed by atoms with Crippen LogP contribution in [0.4, 0.5) is 5.13 Å². The molecule has 0 saturated heterocycles. The van der Waals surface area contributed by atoms with Crippen LogP contribution >= 0.6 is 34.5 Å². The number of aryl methyl sites for hydroxylation is 3. The van der Waals surface area contributed by atoms with Crippen LogP contribution in [0.3, 0.4) is 0 Å². The Morgan fingerprint density at radius 1 is 1.04 bits per heavy atom. The van der Waals surface area contributed by atoms with Gasteiger partial charge in [0.2, 0.25) is 5.13 Å². The summed E-state index contributed by atoms with van der Waals surface area (Å²) >= 11 is 13.6. The Balaban J connectivity index is 1.81. The third-order valence-corrected chi connectivity index (χ3v) is 5.56. The van der Waals surface area contributed by atoms with Crippen molar-refractivity contribution in [2.24, 2.45) is 5.10 Å². The lowest BCUT2D eigenvalue weighted by molar-refractivity contribution is 1.25. The Labute approximate surface area is 167 Å². The second-order valence-electron chi connectivity index (χ2n) is 6.25. The van der Waals surface area contributed by atoms with Crippen LogP contribution in [-0.4, -0.2) is 10.7 Å². The number of nitrogens with zero attached hydrogens (tertiary/aromatic N) is 2. The van der Waals surface area contributed by atoms with E-state index in [1.807, 2.05) is 24.4 Å². The molecule has 0 radical (unpaired) electrons. The maximum atomic E-state index is 6.09. The van der Waals surface area contributed by atoms with Gasteiger partial charge in [-0.05, 0) is 51.0 Å². The van der Waals surface area contributed by atoms with Crippen LogP contribution in [0.25, 0.3) is 11.3 Å². The van der Waals surface area contributed by atoms with E-state index in [-0.39, 0.29) is 0 Å². The quantitative estimate of drug-likeness (QED) is 0.380. The zero-order chi connectivity index (χ0) is 18.8. The summed E-state index contributed by atoms with van der Waals surface area (Å²) < 4.78 is 0. The Bertz CT molecular complexity index is 969. The summed E-state index contributed by atoms with van der Waals surface area (Å²) in [5.74, 6) is 0. The van der Waals surface area contributed by atoms with Crippen molar-refractivity contribution in [2.45, 2.75) is 27.7 Å². The van der Waals surface area contributed by atoms with Crippen LogP contribution in [0.15, 0.2) is 40.8 Å². The van der Waals surface area contributed by atoms with Crippen molar-refractivity contribution in [3.05, 3.63) is 68.0 Å². The van der Waals surface area contributed by atoms with Crippen molar-refractivity contribution >= 4 is 45.4 Å². The average Bonchev–Trinajstić information content (AvgIpc) is 3.03. The molecule has 6 heteroatoms. The SMILES string of the molecule is C/C(=N\Nc1nc(-c2ccc(Cl)c(Cl)c2)cs1)c1c(C)cc(C)cc1C. The average molecular weight is 404 g/mol. The minimum absolute atomic E-state index is 0.519. The fourth-order valence-electron chi connectivity index (χ4n) is 3.05. The Morgan fingerprint density at radius 3 is 2.38 bits per heavy atom. The molecule has 0 aliphatic rings. The van der Waals surface area contributed by atoms with Crippen molar-refractivity contribution in [1.29, 1.82) is 0 Å². The van der Waals surface area contributed by atoms with Crippen LogP contribution in [0.5, 0.6) is 0 Å². The third kappa shape index (κ3) is 4.09. The summed E-state index contributed by atoms with van der Waals surface area (Å²) in [4.78, 5) is 4.57. The normalized spacial score (nSPS) is 11.7. The largest absolute Gasteiger partial charge is 0.252 e.